The number of aldehydes is 1. The van der Waals surface area contributed by atoms with Gasteiger partial charge in [0, 0.05) is 23.8 Å². The van der Waals surface area contributed by atoms with Crippen molar-refractivity contribution < 1.29 is 24.1 Å². The summed E-state index contributed by atoms with van der Waals surface area (Å²) in [5.41, 5.74) is 3.12. The van der Waals surface area contributed by atoms with E-state index in [1.54, 1.807) is 19.3 Å². The van der Waals surface area contributed by atoms with Gasteiger partial charge in [0.25, 0.3) is 0 Å². The zero-order chi connectivity index (χ0) is 26.1. The molecule has 0 heterocycles. The van der Waals surface area contributed by atoms with Crippen molar-refractivity contribution in [2.24, 2.45) is 5.92 Å². The van der Waals surface area contributed by atoms with Crippen LogP contribution in [0.1, 0.15) is 30.1 Å². The smallest absolute Gasteiger partial charge is 0.169 e. The van der Waals surface area contributed by atoms with Crippen LogP contribution in [0.15, 0.2) is 78.7 Å². The second-order valence-corrected chi connectivity index (χ2v) is 9.20. The minimum atomic E-state index is -0.432. The first kappa shape index (κ1) is 27.5. The number of rotatable bonds is 14. The Morgan fingerprint density at radius 3 is 2.53 bits per heavy atom. The van der Waals surface area contributed by atoms with E-state index in [1.165, 1.54) is 0 Å². The Morgan fingerprint density at radius 2 is 1.92 bits per heavy atom. The third-order valence-electron chi connectivity index (χ3n) is 6.13. The lowest BCUT2D eigenvalue weighted by Gasteiger charge is -2.29. The SMILES string of the molecule is C=C/C=C(\C=C(/COCC(O)C1CC1)OC)N(C)C(C)Oc1cc(-c2ccc(Cl)cc2)ccc1C=O. The van der Waals surface area contributed by atoms with Crippen molar-refractivity contribution >= 4 is 17.9 Å². The Bertz CT molecular complexity index is 1090. The molecule has 0 amide bonds. The van der Waals surface area contributed by atoms with Crippen molar-refractivity contribution in [3.05, 3.63) is 89.3 Å². The topological polar surface area (TPSA) is 68.2 Å². The summed E-state index contributed by atoms with van der Waals surface area (Å²) in [6.07, 6.45) is 7.39. The van der Waals surface area contributed by atoms with Crippen molar-refractivity contribution in [1.82, 2.24) is 4.90 Å². The van der Waals surface area contributed by atoms with Gasteiger partial charge in [0.1, 0.15) is 18.1 Å². The second kappa shape index (κ2) is 13.3. The van der Waals surface area contributed by atoms with E-state index in [-0.39, 0.29) is 13.2 Å². The third kappa shape index (κ3) is 7.72. The van der Waals surface area contributed by atoms with Gasteiger partial charge >= 0.3 is 0 Å². The maximum atomic E-state index is 11.7. The molecule has 36 heavy (non-hydrogen) atoms. The fourth-order valence-corrected chi connectivity index (χ4v) is 3.76. The van der Waals surface area contributed by atoms with Crippen LogP contribution in [0.2, 0.25) is 5.02 Å². The first-order valence-corrected chi connectivity index (χ1v) is 12.3. The number of halogens is 1. The second-order valence-electron chi connectivity index (χ2n) is 8.77. The van der Waals surface area contributed by atoms with Crippen molar-refractivity contribution in [2.45, 2.75) is 32.1 Å². The molecule has 3 rings (SSSR count). The minimum Gasteiger partial charge on any atom is -0.499 e. The zero-order valence-electron chi connectivity index (χ0n) is 21.0. The minimum absolute atomic E-state index is 0.232. The fourth-order valence-electron chi connectivity index (χ4n) is 3.64. The van der Waals surface area contributed by atoms with E-state index >= 15 is 0 Å². The molecular formula is C29H34ClNO5. The number of carbonyl (C=O) groups excluding carboxylic acids is 1. The lowest BCUT2D eigenvalue weighted by molar-refractivity contribution is 0.0224. The van der Waals surface area contributed by atoms with Crippen LogP contribution in [0.4, 0.5) is 0 Å². The van der Waals surface area contributed by atoms with E-state index in [0.717, 1.165) is 36.0 Å². The average molecular weight is 512 g/mol. The molecule has 1 saturated carbocycles. The van der Waals surface area contributed by atoms with Crippen molar-refractivity contribution in [3.63, 3.8) is 0 Å². The molecule has 0 aromatic heterocycles. The molecule has 0 aliphatic heterocycles. The highest BCUT2D eigenvalue weighted by Gasteiger charge is 2.29. The summed E-state index contributed by atoms with van der Waals surface area (Å²) >= 11 is 6.02. The Labute approximate surface area is 218 Å². The summed E-state index contributed by atoms with van der Waals surface area (Å²) < 4.78 is 17.4. The maximum Gasteiger partial charge on any atom is 0.169 e. The lowest BCUT2D eigenvalue weighted by Crippen LogP contribution is -2.33. The molecule has 6 nitrogen and oxygen atoms in total. The Balaban J connectivity index is 1.73. The lowest BCUT2D eigenvalue weighted by atomic mass is 10.0. The van der Waals surface area contributed by atoms with Gasteiger partial charge in [-0.15, -0.1) is 0 Å². The monoisotopic (exact) mass is 511 g/mol. The Kier molecular flexibility index (Phi) is 10.2. The van der Waals surface area contributed by atoms with Crippen LogP contribution in [-0.2, 0) is 9.47 Å². The first-order chi connectivity index (χ1) is 17.4. The number of hydrogen-bond acceptors (Lipinski definition) is 6. The highest BCUT2D eigenvalue weighted by molar-refractivity contribution is 6.30. The number of carbonyl (C=O) groups is 1. The molecule has 2 aromatic carbocycles. The van der Waals surface area contributed by atoms with E-state index in [0.29, 0.717) is 28.0 Å². The van der Waals surface area contributed by atoms with Gasteiger partial charge in [-0.1, -0.05) is 42.5 Å². The van der Waals surface area contributed by atoms with E-state index in [1.807, 2.05) is 67.4 Å². The van der Waals surface area contributed by atoms with Gasteiger partial charge in [-0.3, -0.25) is 4.79 Å². The largest absolute Gasteiger partial charge is 0.499 e. The van der Waals surface area contributed by atoms with Gasteiger partial charge in [0.05, 0.1) is 25.4 Å². The van der Waals surface area contributed by atoms with Gasteiger partial charge < -0.3 is 24.2 Å². The summed E-state index contributed by atoms with van der Waals surface area (Å²) in [4.78, 5) is 13.6. The normalized spacial score (nSPS) is 15.7. The quantitative estimate of drug-likeness (QED) is 0.148. The Morgan fingerprint density at radius 1 is 1.22 bits per heavy atom. The van der Waals surface area contributed by atoms with E-state index in [2.05, 4.69) is 6.58 Å². The molecule has 0 saturated heterocycles. The number of hydrogen-bond donors (Lipinski definition) is 1. The number of allylic oxidation sites excluding steroid dienone is 3. The number of likely N-dealkylation sites (N-methyl/N-ethyl adjacent to an activating group) is 1. The number of aliphatic hydroxyl groups excluding tert-OH is 1. The molecule has 0 bridgehead atoms. The Hall–Kier alpha value is -3.06. The predicted octanol–water partition coefficient (Wildman–Crippen LogP) is 5.86. The molecule has 1 aliphatic rings. The summed E-state index contributed by atoms with van der Waals surface area (Å²) in [5, 5.41) is 10.7. The highest BCUT2D eigenvalue weighted by atomic mass is 35.5. The van der Waals surface area contributed by atoms with Crippen LogP contribution in [0.25, 0.3) is 11.1 Å². The van der Waals surface area contributed by atoms with Gasteiger partial charge in [-0.25, -0.2) is 0 Å². The van der Waals surface area contributed by atoms with Crippen molar-refractivity contribution in [3.8, 4) is 16.9 Å². The number of methoxy groups -OCH3 is 1. The first-order valence-electron chi connectivity index (χ1n) is 11.9. The molecule has 2 atom stereocenters. The van der Waals surface area contributed by atoms with E-state index < -0.39 is 12.3 Å². The standard InChI is InChI=1S/C29H34ClNO5/c1-5-6-26(16-27(34-4)18-35-19-28(33)22-7-8-22)31(3)20(2)36-29-15-23(9-10-24(29)17-32)21-11-13-25(30)14-12-21/h5-6,9-17,20,22,28,33H,1,7-8,18-19H2,2-4H3/b26-6+,27-16+. The average Bonchev–Trinajstić information content (AvgIpc) is 3.73. The summed E-state index contributed by atoms with van der Waals surface area (Å²) in [6.45, 7) is 6.22. The van der Waals surface area contributed by atoms with E-state index in [4.69, 9.17) is 25.8 Å². The molecule has 1 fully saturated rings. The number of nitrogens with zero attached hydrogens (tertiary/aromatic N) is 1. The summed E-state index contributed by atoms with van der Waals surface area (Å²) in [5.74, 6) is 1.43. The summed E-state index contributed by atoms with van der Waals surface area (Å²) in [7, 11) is 3.46. The van der Waals surface area contributed by atoms with Crippen molar-refractivity contribution in [2.75, 3.05) is 27.4 Å². The molecule has 7 heteroatoms. The summed E-state index contributed by atoms with van der Waals surface area (Å²) in [6, 6.07) is 13.0. The van der Waals surface area contributed by atoms with Crippen LogP contribution >= 0.6 is 11.6 Å². The molecule has 192 valence electrons. The van der Waals surface area contributed by atoms with Crippen LogP contribution in [0, 0.1) is 5.92 Å². The zero-order valence-corrected chi connectivity index (χ0v) is 21.8. The van der Waals surface area contributed by atoms with Gasteiger partial charge in [0.2, 0.25) is 0 Å². The predicted molar refractivity (Wildman–Crippen MR) is 143 cm³/mol. The molecule has 2 aromatic rings. The highest BCUT2D eigenvalue weighted by Crippen LogP contribution is 2.32. The molecule has 0 spiro atoms. The molecule has 1 N–H and O–H groups in total. The number of ether oxygens (including phenoxy) is 3. The molecule has 2 unspecified atom stereocenters. The number of aliphatic hydroxyl groups is 1. The molecular weight excluding hydrogens is 478 g/mol. The van der Waals surface area contributed by atoms with Crippen LogP contribution in [0.5, 0.6) is 5.75 Å². The van der Waals surface area contributed by atoms with Crippen LogP contribution < -0.4 is 4.74 Å². The van der Waals surface area contributed by atoms with E-state index in [9.17, 15) is 9.90 Å². The number of benzene rings is 2. The van der Waals surface area contributed by atoms with Crippen molar-refractivity contribution in [1.29, 1.82) is 0 Å². The van der Waals surface area contributed by atoms with Gasteiger partial charge in [-0.05, 0) is 67.2 Å². The molecule has 0 radical (unpaired) electrons. The van der Waals surface area contributed by atoms with Gasteiger partial charge in [0.15, 0.2) is 12.5 Å². The van der Waals surface area contributed by atoms with Crippen LogP contribution in [-0.4, -0.2) is 56.0 Å². The van der Waals surface area contributed by atoms with Crippen LogP contribution in [0.3, 0.4) is 0 Å². The maximum absolute atomic E-state index is 11.7. The molecule has 1 aliphatic carbocycles. The third-order valence-corrected chi connectivity index (χ3v) is 6.38. The fraction of sp³-hybridized carbons (Fsp3) is 0.345. The van der Waals surface area contributed by atoms with Gasteiger partial charge in [-0.2, -0.15) is 0 Å².